The van der Waals surface area contributed by atoms with Gasteiger partial charge in [0, 0.05) is 0 Å². The van der Waals surface area contributed by atoms with Gasteiger partial charge in [-0.05, 0) is 76.4 Å². The van der Waals surface area contributed by atoms with Crippen LogP contribution in [-0.2, 0) is 20.9 Å². The van der Waals surface area contributed by atoms with Crippen molar-refractivity contribution in [1.29, 1.82) is 0 Å². The molecule has 0 spiro atoms. The molecule has 1 aliphatic rings. The van der Waals surface area contributed by atoms with Gasteiger partial charge in [0.15, 0.2) is 18.1 Å². The van der Waals surface area contributed by atoms with Crippen LogP contribution in [0.1, 0.15) is 23.6 Å². The highest BCUT2D eigenvalue weighted by Gasteiger charge is 2.35. The van der Waals surface area contributed by atoms with Gasteiger partial charge in [-0.3, -0.25) is 14.5 Å². The van der Waals surface area contributed by atoms with Gasteiger partial charge in [-0.25, -0.2) is 4.79 Å². The van der Waals surface area contributed by atoms with Crippen LogP contribution in [0.15, 0.2) is 45.8 Å². The van der Waals surface area contributed by atoms with Gasteiger partial charge in [-0.15, -0.1) is 0 Å². The van der Waals surface area contributed by atoms with Crippen molar-refractivity contribution in [2.45, 2.75) is 20.4 Å². The molecular formula is C23H22BrNO6S. The van der Waals surface area contributed by atoms with Crippen LogP contribution in [0.2, 0.25) is 0 Å². The molecule has 3 rings (SSSR count). The number of imide groups is 1. The van der Waals surface area contributed by atoms with Gasteiger partial charge in [0.05, 0.1) is 29.6 Å². The van der Waals surface area contributed by atoms with Crippen molar-refractivity contribution in [2.24, 2.45) is 0 Å². The first-order chi connectivity index (χ1) is 15.3. The highest BCUT2D eigenvalue weighted by molar-refractivity contribution is 9.10. The standard InChI is InChI=1S/C23H22BrNO6S/c1-4-30-20(26)13-31-21-17(24)9-15(10-18(21)29-3)11-19-22(27)25(23(28)32-19)12-16-8-6-5-7-14(16)2/h5-11H,4,12-13H2,1-3H3/b19-11-. The zero-order chi connectivity index (χ0) is 23.3. The zero-order valence-corrected chi connectivity index (χ0v) is 20.2. The molecule has 1 heterocycles. The van der Waals surface area contributed by atoms with E-state index in [1.54, 1.807) is 25.1 Å². The van der Waals surface area contributed by atoms with E-state index in [0.29, 0.717) is 26.4 Å². The molecule has 0 radical (unpaired) electrons. The first kappa shape index (κ1) is 23.9. The molecule has 0 saturated carbocycles. The number of esters is 1. The summed E-state index contributed by atoms with van der Waals surface area (Å²) in [6.07, 6.45) is 1.63. The second kappa shape index (κ2) is 10.7. The predicted octanol–water partition coefficient (Wildman–Crippen LogP) is 4.94. The summed E-state index contributed by atoms with van der Waals surface area (Å²) >= 11 is 4.31. The number of hydrogen-bond donors (Lipinski definition) is 0. The number of benzene rings is 2. The molecule has 2 aromatic rings. The van der Waals surface area contributed by atoms with Crippen LogP contribution in [-0.4, -0.2) is 42.3 Å². The van der Waals surface area contributed by atoms with Gasteiger partial charge >= 0.3 is 5.97 Å². The van der Waals surface area contributed by atoms with E-state index in [9.17, 15) is 14.4 Å². The molecule has 0 aromatic heterocycles. The molecule has 168 valence electrons. The summed E-state index contributed by atoms with van der Waals surface area (Å²) in [6, 6.07) is 11.0. The zero-order valence-electron chi connectivity index (χ0n) is 17.8. The number of hydrogen-bond acceptors (Lipinski definition) is 7. The van der Waals surface area contributed by atoms with Gasteiger partial charge in [0.25, 0.3) is 11.1 Å². The van der Waals surface area contributed by atoms with Crippen LogP contribution in [0.25, 0.3) is 6.08 Å². The summed E-state index contributed by atoms with van der Waals surface area (Å²) in [4.78, 5) is 38.5. The summed E-state index contributed by atoms with van der Waals surface area (Å²) in [5.74, 6) is -0.131. The molecule has 1 saturated heterocycles. The van der Waals surface area contributed by atoms with E-state index in [0.717, 1.165) is 22.9 Å². The first-order valence-electron chi connectivity index (χ1n) is 9.79. The molecule has 1 fully saturated rings. The summed E-state index contributed by atoms with van der Waals surface area (Å²) in [5, 5.41) is -0.315. The fourth-order valence-corrected chi connectivity index (χ4v) is 4.45. The highest BCUT2D eigenvalue weighted by Crippen LogP contribution is 2.39. The van der Waals surface area contributed by atoms with Crippen LogP contribution >= 0.6 is 27.7 Å². The van der Waals surface area contributed by atoms with Gasteiger partial charge < -0.3 is 14.2 Å². The van der Waals surface area contributed by atoms with Crippen LogP contribution in [0.4, 0.5) is 4.79 Å². The summed E-state index contributed by atoms with van der Waals surface area (Å²) in [5.41, 5.74) is 2.57. The maximum absolute atomic E-state index is 12.9. The third kappa shape index (κ3) is 5.52. The Kier molecular flexibility index (Phi) is 7.98. The van der Waals surface area contributed by atoms with Crippen molar-refractivity contribution >= 4 is 50.9 Å². The maximum atomic E-state index is 12.9. The number of halogens is 1. The average Bonchev–Trinajstić information content (AvgIpc) is 3.01. The summed E-state index contributed by atoms with van der Waals surface area (Å²) in [6.45, 7) is 3.88. The molecule has 0 aliphatic carbocycles. The number of aryl methyl sites for hydroxylation is 1. The van der Waals surface area contributed by atoms with E-state index in [-0.39, 0.29) is 30.9 Å². The molecule has 0 bridgehead atoms. The first-order valence-corrected chi connectivity index (χ1v) is 11.4. The molecule has 2 amide bonds. The lowest BCUT2D eigenvalue weighted by molar-refractivity contribution is -0.145. The Morgan fingerprint density at radius 1 is 1.22 bits per heavy atom. The van der Waals surface area contributed by atoms with Gasteiger partial charge in [-0.2, -0.15) is 0 Å². The van der Waals surface area contributed by atoms with E-state index >= 15 is 0 Å². The largest absolute Gasteiger partial charge is 0.493 e. The van der Waals surface area contributed by atoms with Crippen molar-refractivity contribution in [3.05, 3.63) is 62.5 Å². The SMILES string of the molecule is CCOC(=O)COc1c(Br)cc(/C=C2\SC(=O)N(Cc3ccccc3C)C2=O)cc1OC. The molecule has 1 aliphatic heterocycles. The van der Waals surface area contributed by atoms with Crippen LogP contribution in [0.3, 0.4) is 0 Å². The molecular weight excluding hydrogens is 498 g/mol. The number of rotatable bonds is 8. The lowest BCUT2D eigenvalue weighted by Crippen LogP contribution is -2.27. The van der Waals surface area contributed by atoms with E-state index in [1.807, 2.05) is 31.2 Å². The van der Waals surface area contributed by atoms with Gasteiger partial charge in [-0.1, -0.05) is 24.3 Å². The number of thioether (sulfide) groups is 1. The van der Waals surface area contributed by atoms with Crippen molar-refractivity contribution < 1.29 is 28.6 Å². The van der Waals surface area contributed by atoms with Crippen LogP contribution in [0.5, 0.6) is 11.5 Å². The third-order valence-electron chi connectivity index (χ3n) is 4.65. The molecule has 9 heteroatoms. The predicted molar refractivity (Wildman–Crippen MR) is 126 cm³/mol. The van der Waals surface area contributed by atoms with Gasteiger partial charge in [0.1, 0.15) is 0 Å². The smallest absolute Gasteiger partial charge is 0.344 e. The van der Waals surface area contributed by atoms with Crippen LogP contribution in [0, 0.1) is 6.92 Å². The van der Waals surface area contributed by atoms with E-state index in [4.69, 9.17) is 14.2 Å². The monoisotopic (exact) mass is 519 g/mol. The van der Waals surface area contributed by atoms with Crippen molar-refractivity contribution in [1.82, 2.24) is 4.90 Å². The number of carbonyl (C=O) groups excluding carboxylic acids is 3. The van der Waals surface area contributed by atoms with Gasteiger partial charge in [0.2, 0.25) is 0 Å². The van der Waals surface area contributed by atoms with Crippen LogP contribution < -0.4 is 9.47 Å². The minimum absolute atomic E-state index is 0.225. The fourth-order valence-electron chi connectivity index (χ4n) is 3.04. The third-order valence-corrected chi connectivity index (χ3v) is 6.15. The van der Waals surface area contributed by atoms with E-state index in [2.05, 4.69) is 15.9 Å². The Morgan fingerprint density at radius 2 is 1.97 bits per heavy atom. The van der Waals surface area contributed by atoms with Crippen molar-refractivity contribution in [3.8, 4) is 11.5 Å². The Bertz CT molecular complexity index is 1080. The normalized spacial score (nSPS) is 14.8. The minimum Gasteiger partial charge on any atom is -0.493 e. The summed E-state index contributed by atoms with van der Waals surface area (Å²) < 4.78 is 16.3. The molecule has 0 unspecified atom stereocenters. The lowest BCUT2D eigenvalue weighted by atomic mass is 10.1. The second-order valence-corrected chi connectivity index (χ2v) is 8.67. The lowest BCUT2D eigenvalue weighted by Gasteiger charge is -2.14. The van der Waals surface area contributed by atoms with E-state index < -0.39 is 5.97 Å². The topological polar surface area (TPSA) is 82.1 Å². The number of nitrogens with zero attached hydrogens (tertiary/aromatic N) is 1. The summed E-state index contributed by atoms with van der Waals surface area (Å²) in [7, 11) is 1.47. The van der Waals surface area contributed by atoms with Crippen molar-refractivity contribution in [3.63, 3.8) is 0 Å². The number of methoxy groups -OCH3 is 1. The molecule has 32 heavy (non-hydrogen) atoms. The number of ether oxygens (including phenoxy) is 3. The van der Waals surface area contributed by atoms with E-state index in [1.165, 1.54) is 12.0 Å². The number of carbonyl (C=O) groups is 3. The molecule has 0 atom stereocenters. The molecule has 7 nitrogen and oxygen atoms in total. The fraction of sp³-hybridized carbons (Fsp3) is 0.261. The maximum Gasteiger partial charge on any atom is 0.344 e. The number of amides is 2. The average molecular weight is 520 g/mol. The molecule has 0 N–H and O–H groups in total. The second-order valence-electron chi connectivity index (χ2n) is 6.82. The quantitative estimate of drug-likeness (QED) is 0.360. The highest BCUT2D eigenvalue weighted by atomic mass is 79.9. The Hall–Kier alpha value is -2.78. The van der Waals surface area contributed by atoms with Crippen molar-refractivity contribution in [2.75, 3.05) is 20.3 Å². The Balaban J connectivity index is 1.81. The minimum atomic E-state index is -0.493. The Morgan fingerprint density at radius 3 is 2.66 bits per heavy atom. The molecule has 2 aromatic carbocycles. The Labute approximate surface area is 198 Å².